The molecule has 0 saturated heterocycles. The van der Waals surface area contributed by atoms with Crippen molar-refractivity contribution >= 4 is 35.2 Å². The van der Waals surface area contributed by atoms with Gasteiger partial charge in [0.1, 0.15) is 6.07 Å². The fraction of sp³-hybridized carbons (Fsp3) is 0. The molecule has 1 aromatic rings. The molecule has 1 nitrogen and oxygen atoms in total. The first-order valence-corrected chi connectivity index (χ1v) is 4.26. The predicted octanol–water partition coefficient (Wildman–Crippen LogP) is 2.59. The Balaban J connectivity index is 3.40. The van der Waals surface area contributed by atoms with Gasteiger partial charge in [-0.05, 0) is 34.7 Å². The lowest BCUT2D eigenvalue weighted by Gasteiger charge is -1.98. The van der Waals surface area contributed by atoms with Gasteiger partial charge in [-0.25, -0.2) is 4.39 Å². The van der Waals surface area contributed by atoms with E-state index in [4.69, 9.17) is 5.26 Å². The zero-order valence-electron chi connectivity index (χ0n) is 5.31. The Morgan fingerprint density at radius 2 is 2.18 bits per heavy atom. The van der Waals surface area contributed by atoms with Gasteiger partial charge in [0.2, 0.25) is 0 Å². The molecule has 0 aromatic heterocycles. The van der Waals surface area contributed by atoms with Gasteiger partial charge in [0.25, 0.3) is 0 Å². The number of hydrogen-bond acceptors (Lipinski definition) is 2. The summed E-state index contributed by atoms with van der Waals surface area (Å²) in [4.78, 5) is 0.240. The highest BCUT2D eigenvalue weighted by atomic mass is 127. The molecule has 0 radical (unpaired) electrons. The molecule has 0 N–H and O–H groups in total. The van der Waals surface area contributed by atoms with Crippen molar-refractivity contribution in [3.63, 3.8) is 0 Å². The van der Waals surface area contributed by atoms with Crippen LogP contribution in [0.5, 0.6) is 0 Å². The van der Waals surface area contributed by atoms with Crippen molar-refractivity contribution in [2.24, 2.45) is 0 Å². The summed E-state index contributed by atoms with van der Waals surface area (Å²) in [7, 11) is 0. The van der Waals surface area contributed by atoms with Gasteiger partial charge in [-0.2, -0.15) is 5.26 Å². The molecule has 0 aliphatic heterocycles. The quantitative estimate of drug-likeness (QED) is 0.572. The van der Waals surface area contributed by atoms with Crippen molar-refractivity contribution in [2.75, 3.05) is 0 Å². The first-order chi connectivity index (χ1) is 5.16. The number of rotatable bonds is 0. The molecular weight excluding hydrogens is 276 g/mol. The SMILES string of the molecule is N#Cc1ccc(I)c(S)c1F. The normalized spacial score (nSPS) is 9.27. The van der Waals surface area contributed by atoms with Crippen molar-refractivity contribution in [2.45, 2.75) is 4.90 Å². The molecule has 0 saturated carbocycles. The molecule has 0 atom stereocenters. The van der Waals surface area contributed by atoms with Gasteiger partial charge in [-0.3, -0.25) is 0 Å². The Kier molecular flexibility index (Phi) is 2.73. The molecule has 1 aromatic carbocycles. The fourth-order valence-electron chi connectivity index (χ4n) is 0.627. The summed E-state index contributed by atoms with van der Waals surface area (Å²) in [5, 5.41) is 8.41. The molecule has 0 spiro atoms. The molecule has 0 bridgehead atoms. The monoisotopic (exact) mass is 279 g/mol. The van der Waals surface area contributed by atoms with E-state index in [9.17, 15) is 4.39 Å². The van der Waals surface area contributed by atoms with E-state index in [1.807, 2.05) is 22.6 Å². The minimum absolute atomic E-state index is 0.0374. The van der Waals surface area contributed by atoms with Crippen LogP contribution < -0.4 is 0 Å². The Labute approximate surface area is 82.8 Å². The van der Waals surface area contributed by atoms with Gasteiger partial charge in [0, 0.05) is 3.57 Å². The maximum atomic E-state index is 13.0. The highest BCUT2D eigenvalue weighted by molar-refractivity contribution is 14.1. The smallest absolute Gasteiger partial charge is 0.155 e. The third-order valence-corrected chi connectivity index (χ3v) is 2.95. The van der Waals surface area contributed by atoms with E-state index in [2.05, 4.69) is 12.6 Å². The first kappa shape index (κ1) is 8.81. The summed E-state index contributed by atoms with van der Waals surface area (Å²) in [5.41, 5.74) is 0.0374. The molecule has 11 heavy (non-hydrogen) atoms. The van der Waals surface area contributed by atoms with E-state index < -0.39 is 5.82 Å². The van der Waals surface area contributed by atoms with Crippen molar-refractivity contribution in [3.8, 4) is 6.07 Å². The molecule has 0 fully saturated rings. The van der Waals surface area contributed by atoms with Crippen molar-refractivity contribution < 1.29 is 4.39 Å². The second kappa shape index (κ2) is 3.41. The number of halogens is 2. The average molecular weight is 279 g/mol. The summed E-state index contributed by atoms with van der Waals surface area (Å²) >= 11 is 5.86. The fourth-order valence-corrected chi connectivity index (χ4v) is 1.24. The van der Waals surface area contributed by atoms with E-state index >= 15 is 0 Å². The number of hydrogen-bond donors (Lipinski definition) is 1. The lowest BCUT2D eigenvalue weighted by molar-refractivity contribution is 0.596. The molecule has 4 heteroatoms. The molecule has 0 unspecified atom stereocenters. The number of thiol groups is 1. The molecule has 0 heterocycles. The summed E-state index contributed by atoms with van der Waals surface area (Å²) in [5.74, 6) is -0.539. The van der Waals surface area contributed by atoms with Crippen LogP contribution in [0.15, 0.2) is 17.0 Å². The zero-order chi connectivity index (χ0) is 8.43. The summed E-state index contributed by atoms with van der Waals surface area (Å²) in [6.07, 6.45) is 0. The topological polar surface area (TPSA) is 23.8 Å². The van der Waals surface area contributed by atoms with Crippen LogP contribution in [0.4, 0.5) is 4.39 Å². The summed E-state index contributed by atoms with van der Waals surface area (Å²) < 4.78 is 13.7. The highest BCUT2D eigenvalue weighted by Crippen LogP contribution is 2.22. The van der Waals surface area contributed by atoms with Crippen LogP contribution in [0.2, 0.25) is 0 Å². The summed E-state index contributed by atoms with van der Waals surface area (Å²) in [6.45, 7) is 0. The molecule has 1 rings (SSSR count). The van der Waals surface area contributed by atoms with Crippen LogP contribution in [0.1, 0.15) is 5.56 Å². The van der Waals surface area contributed by atoms with Gasteiger partial charge in [0.05, 0.1) is 10.5 Å². The molecule has 0 amide bonds. The maximum absolute atomic E-state index is 13.0. The van der Waals surface area contributed by atoms with Crippen LogP contribution in [0.25, 0.3) is 0 Å². The molecular formula is C7H3FINS. The molecule has 0 aliphatic carbocycles. The number of nitriles is 1. The van der Waals surface area contributed by atoms with Gasteiger partial charge in [-0.1, -0.05) is 0 Å². The van der Waals surface area contributed by atoms with E-state index in [1.165, 1.54) is 6.07 Å². The van der Waals surface area contributed by atoms with Gasteiger partial charge >= 0.3 is 0 Å². The van der Waals surface area contributed by atoms with Crippen molar-refractivity contribution in [1.82, 2.24) is 0 Å². The largest absolute Gasteiger partial charge is 0.204 e. The lowest BCUT2D eigenvalue weighted by Crippen LogP contribution is -1.87. The van der Waals surface area contributed by atoms with Crippen molar-refractivity contribution in [1.29, 1.82) is 5.26 Å². The summed E-state index contributed by atoms with van der Waals surface area (Å²) in [6, 6.07) is 4.83. The maximum Gasteiger partial charge on any atom is 0.155 e. The standard InChI is InChI=1S/C7H3FINS/c8-6-4(3-10)1-2-5(9)7(6)11/h1-2,11H. The number of nitrogens with zero attached hydrogens (tertiary/aromatic N) is 1. The highest BCUT2D eigenvalue weighted by Gasteiger charge is 2.07. The molecule has 56 valence electrons. The minimum atomic E-state index is -0.539. The lowest BCUT2D eigenvalue weighted by atomic mass is 10.2. The second-order valence-electron chi connectivity index (χ2n) is 1.87. The van der Waals surface area contributed by atoms with Crippen LogP contribution >= 0.6 is 35.2 Å². The minimum Gasteiger partial charge on any atom is -0.204 e. The molecule has 0 aliphatic rings. The number of benzene rings is 1. The van der Waals surface area contributed by atoms with Crippen LogP contribution in [-0.4, -0.2) is 0 Å². The second-order valence-corrected chi connectivity index (χ2v) is 3.48. The van der Waals surface area contributed by atoms with Crippen LogP contribution in [0, 0.1) is 20.7 Å². The third kappa shape index (κ3) is 1.65. The average Bonchev–Trinajstić information content (AvgIpc) is 2.01. The Bertz CT molecular complexity index is 332. The van der Waals surface area contributed by atoms with Gasteiger partial charge in [-0.15, -0.1) is 12.6 Å². The van der Waals surface area contributed by atoms with Crippen molar-refractivity contribution in [3.05, 3.63) is 27.1 Å². The first-order valence-electron chi connectivity index (χ1n) is 2.74. The Morgan fingerprint density at radius 1 is 1.55 bits per heavy atom. The zero-order valence-corrected chi connectivity index (χ0v) is 8.36. The Hall–Kier alpha value is -0.280. The van der Waals surface area contributed by atoms with Gasteiger partial charge < -0.3 is 0 Å². The predicted molar refractivity (Wildman–Crippen MR) is 51.1 cm³/mol. The van der Waals surface area contributed by atoms with Crippen LogP contribution in [-0.2, 0) is 0 Å². The van der Waals surface area contributed by atoms with Gasteiger partial charge in [0.15, 0.2) is 5.82 Å². The van der Waals surface area contributed by atoms with E-state index in [-0.39, 0.29) is 10.5 Å². The third-order valence-electron chi connectivity index (χ3n) is 1.19. The van der Waals surface area contributed by atoms with E-state index in [1.54, 1.807) is 12.1 Å². The van der Waals surface area contributed by atoms with Crippen LogP contribution in [0.3, 0.4) is 0 Å². The van der Waals surface area contributed by atoms with E-state index in [0.29, 0.717) is 3.57 Å². The van der Waals surface area contributed by atoms with E-state index in [0.717, 1.165) is 0 Å². The Morgan fingerprint density at radius 3 is 2.73 bits per heavy atom.